The molecule has 1 heterocycles. The van der Waals surface area contributed by atoms with Gasteiger partial charge in [0.25, 0.3) is 5.91 Å². The van der Waals surface area contributed by atoms with Crippen LogP contribution in [0.15, 0.2) is 53.4 Å². The lowest BCUT2D eigenvalue weighted by Gasteiger charge is -2.22. The number of hydrogen-bond donors (Lipinski definition) is 0. The lowest BCUT2D eigenvalue weighted by molar-refractivity contribution is -0.133. The van der Waals surface area contributed by atoms with Crippen LogP contribution in [0.2, 0.25) is 0 Å². The Balaban J connectivity index is 1.59. The van der Waals surface area contributed by atoms with E-state index in [-0.39, 0.29) is 37.0 Å². The molecule has 7 nitrogen and oxygen atoms in total. The molecular formula is C21H25FN2O5S. The van der Waals surface area contributed by atoms with Crippen molar-refractivity contribution in [1.82, 2.24) is 9.21 Å². The van der Waals surface area contributed by atoms with Gasteiger partial charge in [0, 0.05) is 26.2 Å². The first-order chi connectivity index (χ1) is 14.4. The minimum atomic E-state index is -3.74. The van der Waals surface area contributed by atoms with E-state index in [1.165, 1.54) is 16.4 Å². The Bertz CT molecular complexity index is 966. The largest absolute Gasteiger partial charge is 0.490 e. The average molecular weight is 437 g/mol. The second-order valence-electron chi connectivity index (χ2n) is 6.76. The first-order valence-corrected chi connectivity index (χ1v) is 11.2. The molecule has 3 rings (SSSR count). The van der Waals surface area contributed by atoms with E-state index in [0.29, 0.717) is 31.1 Å². The summed E-state index contributed by atoms with van der Waals surface area (Å²) in [6, 6.07) is 11.9. The standard InChI is InChI=1S/C21H25FN2O5S/c1-2-28-19-6-3-4-7-20(19)29-16-21(25)23-12-5-13-24(15-14-23)30(26,27)18-10-8-17(22)9-11-18/h3-4,6-11H,2,5,12-16H2,1H3. The number of amides is 1. The summed E-state index contributed by atoms with van der Waals surface area (Å²) in [5.74, 6) is 0.345. The molecule has 0 radical (unpaired) electrons. The molecule has 1 aliphatic rings. The Hall–Kier alpha value is -2.65. The van der Waals surface area contributed by atoms with E-state index in [9.17, 15) is 17.6 Å². The van der Waals surface area contributed by atoms with Crippen LogP contribution in [0.25, 0.3) is 0 Å². The number of rotatable bonds is 7. The van der Waals surface area contributed by atoms with Gasteiger partial charge in [-0.1, -0.05) is 12.1 Å². The predicted octanol–water partition coefficient (Wildman–Crippen LogP) is 2.53. The molecular weight excluding hydrogens is 411 g/mol. The van der Waals surface area contributed by atoms with Gasteiger partial charge in [-0.25, -0.2) is 12.8 Å². The zero-order valence-corrected chi connectivity index (χ0v) is 17.6. The van der Waals surface area contributed by atoms with Crippen LogP contribution in [0.1, 0.15) is 13.3 Å². The maximum Gasteiger partial charge on any atom is 0.260 e. The van der Waals surface area contributed by atoms with Crippen LogP contribution < -0.4 is 9.47 Å². The highest BCUT2D eigenvalue weighted by Crippen LogP contribution is 2.26. The highest BCUT2D eigenvalue weighted by Gasteiger charge is 2.28. The van der Waals surface area contributed by atoms with Crippen LogP contribution in [-0.2, 0) is 14.8 Å². The first-order valence-electron chi connectivity index (χ1n) is 9.80. The second-order valence-corrected chi connectivity index (χ2v) is 8.70. The van der Waals surface area contributed by atoms with E-state index in [1.807, 2.05) is 13.0 Å². The van der Waals surface area contributed by atoms with E-state index in [2.05, 4.69) is 0 Å². The summed E-state index contributed by atoms with van der Waals surface area (Å²) in [6.07, 6.45) is 0.502. The van der Waals surface area contributed by atoms with Crippen molar-refractivity contribution in [2.24, 2.45) is 0 Å². The third-order valence-electron chi connectivity index (χ3n) is 4.76. The van der Waals surface area contributed by atoms with Gasteiger partial charge in [0.15, 0.2) is 18.1 Å². The fraction of sp³-hybridized carbons (Fsp3) is 0.381. The van der Waals surface area contributed by atoms with Crippen molar-refractivity contribution in [2.75, 3.05) is 39.4 Å². The lowest BCUT2D eigenvalue weighted by atomic mass is 10.3. The van der Waals surface area contributed by atoms with Crippen molar-refractivity contribution in [1.29, 1.82) is 0 Å². The third-order valence-corrected chi connectivity index (χ3v) is 6.67. The molecule has 1 aliphatic heterocycles. The molecule has 0 atom stereocenters. The smallest absolute Gasteiger partial charge is 0.260 e. The molecule has 0 N–H and O–H groups in total. The van der Waals surface area contributed by atoms with Crippen LogP contribution in [0, 0.1) is 5.82 Å². The summed E-state index contributed by atoms with van der Waals surface area (Å²) >= 11 is 0. The minimum absolute atomic E-state index is 0.0412. The van der Waals surface area contributed by atoms with Crippen molar-refractivity contribution >= 4 is 15.9 Å². The van der Waals surface area contributed by atoms with Gasteiger partial charge in [0.05, 0.1) is 11.5 Å². The summed E-state index contributed by atoms with van der Waals surface area (Å²) in [7, 11) is -3.74. The Morgan fingerprint density at radius 1 is 0.967 bits per heavy atom. The van der Waals surface area contributed by atoms with Crippen LogP contribution in [0.3, 0.4) is 0 Å². The SMILES string of the molecule is CCOc1ccccc1OCC(=O)N1CCCN(S(=O)(=O)c2ccc(F)cc2)CC1. The summed E-state index contributed by atoms with van der Waals surface area (Å²) in [6.45, 7) is 3.34. The van der Waals surface area contributed by atoms with Crippen molar-refractivity contribution in [3.63, 3.8) is 0 Å². The number of carbonyl (C=O) groups is 1. The molecule has 9 heteroatoms. The summed E-state index contributed by atoms with van der Waals surface area (Å²) in [5, 5.41) is 0. The third kappa shape index (κ3) is 5.28. The van der Waals surface area contributed by atoms with E-state index in [4.69, 9.17) is 9.47 Å². The minimum Gasteiger partial charge on any atom is -0.490 e. The van der Waals surface area contributed by atoms with Gasteiger partial charge in [-0.2, -0.15) is 4.31 Å². The van der Waals surface area contributed by atoms with Crippen molar-refractivity contribution in [3.05, 3.63) is 54.3 Å². The maximum atomic E-state index is 13.1. The summed E-state index contributed by atoms with van der Waals surface area (Å²) in [4.78, 5) is 14.2. The van der Waals surface area contributed by atoms with Crippen molar-refractivity contribution < 1.29 is 27.1 Å². The van der Waals surface area contributed by atoms with Gasteiger partial charge in [-0.15, -0.1) is 0 Å². The number of para-hydroxylation sites is 2. The topological polar surface area (TPSA) is 76.2 Å². The van der Waals surface area contributed by atoms with Crippen LogP contribution in [0.4, 0.5) is 4.39 Å². The Kier molecular flexibility index (Phi) is 7.28. The number of benzene rings is 2. The normalized spacial score (nSPS) is 15.5. The highest BCUT2D eigenvalue weighted by molar-refractivity contribution is 7.89. The molecule has 0 unspecified atom stereocenters. The lowest BCUT2D eigenvalue weighted by Crippen LogP contribution is -2.39. The molecule has 0 spiro atoms. The molecule has 1 saturated heterocycles. The molecule has 1 fully saturated rings. The van der Waals surface area contributed by atoms with Crippen molar-refractivity contribution in [3.8, 4) is 11.5 Å². The zero-order chi connectivity index (χ0) is 21.6. The number of hydrogen-bond acceptors (Lipinski definition) is 5. The molecule has 0 aliphatic carbocycles. The molecule has 30 heavy (non-hydrogen) atoms. The van der Waals surface area contributed by atoms with E-state index >= 15 is 0 Å². The fourth-order valence-electron chi connectivity index (χ4n) is 3.21. The quantitative estimate of drug-likeness (QED) is 0.667. The number of ether oxygens (including phenoxy) is 2. The molecule has 2 aromatic carbocycles. The summed E-state index contributed by atoms with van der Waals surface area (Å²) < 4.78 is 51.2. The van der Waals surface area contributed by atoms with Gasteiger partial charge < -0.3 is 14.4 Å². The number of sulfonamides is 1. The zero-order valence-electron chi connectivity index (χ0n) is 16.8. The van der Waals surface area contributed by atoms with Gasteiger partial charge >= 0.3 is 0 Å². The Labute approximate surface area is 176 Å². The van der Waals surface area contributed by atoms with E-state index < -0.39 is 15.8 Å². The second kappa shape index (κ2) is 9.90. The molecule has 0 saturated carbocycles. The Morgan fingerprint density at radius 3 is 2.30 bits per heavy atom. The van der Waals surface area contributed by atoms with Gasteiger partial charge in [0.1, 0.15) is 5.82 Å². The molecule has 2 aromatic rings. The number of halogens is 1. The van der Waals surface area contributed by atoms with Gasteiger partial charge in [-0.3, -0.25) is 4.79 Å². The van der Waals surface area contributed by atoms with Crippen LogP contribution >= 0.6 is 0 Å². The van der Waals surface area contributed by atoms with E-state index in [0.717, 1.165) is 12.1 Å². The molecule has 0 aromatic heterocycles. The maximum absolute atomic E-state index is 13.1. The first kappa shape index (κ1) is 22.0. The average Bonchev–Trinajstić information content (AvgIpc) is 3.00. The monoisotopic (exact) mass is 436 g/mol. The fourth-order valence-corrected chi connectivity index (χ4v) is 4.68. The van der Waals surface area contributed by atoms with Crippen LogP contribution in [0.5, 0.6) is 11.5 Å². The summed E-state index contributed by atoms with van der Waals surface area (Å²) in [5.41, 5.74) is 0. The predicted molar refractivity (Wildman–Crippen MR) is 109 cm³/mol. The highest BCUT2D eigenvalue weighted by atomic mass is 32.2. The van der Waals surface area contributed by atoms with Gasteiger partial charge in [0.2, 0.25) is 10.0 Å². The van der Waals surface area contributed by atoms with Crippen molar-refractivity contribution in [2.45, 2.75) is 18.2 Å². The van der Waals surface area contributed by atoms with Gasteiger partial charge in [-0.05, 0) is 49.7 Å². The molecule has 0 bridgehead atoms. The van der Waals surface area contributed by atoms with E-state index in [1.54, 1.807) is 23.1 Å². The van der Waals surface area contributed by atoms with Crippen LogP contribution in [-0.4, -0.2) is 62.9 Å². The molecule has 1 amide bonds. The number of carbonyl (C=O) groups excluding carboxylic acids is 1. The molecule has 162 valence electrons. The Morgan fingerprint density at radius 2 is 1.63 bits per heavy atom. The number of nitrogens with zero attached hydrogens (tertiary/aromatic N) is 2.